The van der Waals surface area contributed by atoms with E-state index < -0.39 is 0 Å². The standard InChI is InChI=1S/C12H22N2O.ClH/c1-8-7-13-6-5-11(8)14-12(15)9(2)10-3-4-10;/h8-11,13H,3-7H2,1-2H3,(H,14,15);1H. The van der Waals surface area contributed by atoms with Gasteiger partial charge in [-0.2, -0.15) is 0 Å². The molecule has 0 aromatic carbocycles. The second kappa shape index (κ2) is 5.87. The van der Waals surface area contributed by atoms with Crippen LogP contribution in [0.3, 0.4) is 0 Å². The van der Waals surface area contributed by atoms with Crippen LogP contribution in [0.1, 0.15) is 33.1 Å². The summed E-state index contributed by atoms with van der Waals surface area (Å²) in [6, 6.07) is 0.389. The zero-order valence-corrected chi connectivity index (χ0v) is 11.0. The van der Waals surface area contributed by atoms with Crippen molar-refractivity contribution in [1.29, 1.82) is 0 Å². The molecule has 1 saturated carbocycles. The highest BCUT2D eigenvalue weighted by Crippen LogP contribution is 2.36. The molecule has 1 heterocycles. The molecule has 2 aliphatic rings. The minimum atomic E-state index is 0. The molecule has 4 heteroatoms. The number of nitrogens with one attached hydrogen (secondary N) is 2. The van der Waals surface area contributed by atoms with Gasteiger partial charge in [-0.05, 0) is 44.2 Å². The van der Waals surface area contributed by atoms with Crippen molar-refractivity contribution in [1.82, 2.24) is 10.6 Å². The first-order valence-corrected chi connectivity index (χ1v) is 6.19. The van der Waals surface area contributed by atoms with Crippen molar-refractivity contribution in [2.75, 3.05) is 13.1 Å². The van der Waals surface area contributed by atoms with E-state index in [0.29, 0.717) is 17.9 Å². The molecule has 16 heavy (non-hydrogen) atoms. The highest BCUT2D eigenvalue weighted by atomic mass is 35.5. The summed E-state index contributed by atoms with van der Waals surface area (Å²) in [6.07, 6.45) is 3.57. The Morgan fingerprint density at radius 3 is 2.62 bits per heavy atom. The van der Waals surface area contributed by atoms with Crippen molar-refractivity contribution < 1.29 is 4.79 Å². The molecule has 1 saturated heterocycles. The van der Waals surface area contributed by atoms with Gasteiger partial charge < -0.3 is 10.6 Å². The SMILES string of the molecule is CC1CNCCC1NC(=O)C(C)C1CC1.Cl. The molecule has 0 radical (unpaired) electrons. The molecular formula is C12H23ClN2O. The molecule has 1 aliphatic heterocycles. The summed E-state index contributed by atoms with van der Waals surface area (Å²) in [6.45, 7) is 6.34. The molecule has 2 rings (SSSR count). The van der Waals surface area contributed by atoms with Crippen LogP contribution in [-0.4, -0.2) is 25.0 Å². The van der Waals surface area contributed by atoms with Crippen molar-refractivity contribution >= 4 is 18.3 Å². The first kappa shape index (κ1) is 13.8. The molecule has 0 spiro atoms. The second-order valence-electron chi connectivity index (χ2n) is 5.21. The molecule has 2 fully saturated rings. The van der Waals surface area contributed by atoms with Gasteiger partial charge in [0.05, 0.1) is 0 Å². The van der Waals surface area contributed by atoms with Crippen molar-refractivity contribution in [2.24, 2.45) is 17.8 Å². The lowest BCUT2D eigenvalue weighted by atomic mass is 9.94. The number of amides is 1. The minimum Gasteiger partial charge on any atom is -0.353 e. The van der Waals surface area contributed by atoms with Crippen LogP contribution in [0.4, 0.5) is 0 Å². The average molecular weight is 247 g/mol. The van der Waals surface area contributed by atoms with Crippen molar-refractivity contribution in [3.8, 4) is 0 Å². The zero-order valence-electron chi connectivity index (χ0n) is 10.2. The maximum Gasteiger partial charge on any atom is 0.223 e. The third-order valence-electron chi connectivity index (χ3n) is 3.86. The Labute approximate surface area is 104 Å². The van der Waals surface area contributed by atoms with E-state index in [1.807, 2.05) is 0 Å². The van der Waals surface area contributed by atoms with Crippen LogP contribution in [0.2, 0.25) is 0 Å². The molecule has 0 aromatic heterocycles. The van der Waals surface area contributed by atoms with Crippen LogP contribution in [0.15, 0.2) is 0 Å². The molecule has 0 bridgehead atoms. The summed E-state index contributed by atoms with van der Waals surface area (Å²) < 4.78 is 0. The summed E-state index contributed by atoms with van der Waals surface area (Å²) in [5.41, 5.74) is 0. The van der Waals surface area contributed by atoms with E-state index in [0.717, 1.165) is 19.5 Å². The number of rotatable bonds is 3. The van der Waals surface area contributed by atoms with E-state index in [-0.39, 0.29) is 24.2 Å². The largest absolute Gasteiger partial charge is 0.353 e. The lowest BCUT2D eigenvalue weighted by Gasteiger charge is -2.31. The van der Waals surface area contributed by atoms with Crippen LogP contribution in [0.5, 0.6) is 0 Å². The van der Waals surface area contributed by atoms with Gasteiger partial charge in [-0.15, -0.1) is 12.4 Å². The number of carbonyl (C=O) groups excluding carboxylic acids is 1. The maximum atomic E-state index is 11.9. The van der Waals surface area contributed by atoms with Crippen molar-refractivity contribution in [3.05, 3.63) is 0 Å². The highest BCUT2D eigenvalue weighted by molar-refractivity contribution is 5.85. The van der Waals surface area contributed by atoms with E-state index in [1.165, 1.54) is 12.8 Å². The molecule has 3 nitrogen and oxygen atoms in total. The van der Waals surface area contributed by atoms with Gasteiger partial charge in [0.2, 0.25) is 5.91 Å². The van der Waals surface area contributed by atoms with Crippen LogP contribution in [0.25, 0.3) is 0 Å². The monoisotopic (exact) mass is 246 g/mol. The summed E-state index contributed by atoms with van der Waals surface area (Å²) in [4.78, 5) is 11.9. The molecule has 3 unspecified atom stereocenters. The molecule has 3 atom stereocenters. The third-order valence-corrected chi connectivity index (χ3v) is 3.86. The molecule has 1 aliphatic carbocycles. The molecule has 2 N–H and O–H groups in total. The Kier molecular flexibility index (Phi) is 5.06. The van der Waals surface area contributed by atoms with Crippen LogP contribution in [0, 0.1) is 17.8 Å². The Hall–Kier alpha value is -0.280. The molecular weight excluding hydrogens is 224 g/mol. The fourth-order valence-corrected chi connectivity index (χ4v) is 2.35. The molecule has 0 aromatic rings. The third kappa shape index (κ3) is 3.36. The van der Waals surface area contributed by atoms with E-state index in [4.69, 9.17) is 0 Å². The average Bonchev–Trinajstić information content (AvgIpc) is 3.04. The fourth-order valence-electron chi connectivity index (χ4n) is 2.35. The number of piperidine rings is 1. The summed E-state index contributed by atoms with van der Waals surface area (Å²) >= 11 is 0. The Morgan fingerprint density at radius 2 is 2.06 bits per heavy atom. The van der Waals surface area contributed by atoms with Gasteiger partial charge in [0.1, 0.15) is 0 Å². The maximum absolute atomic E-state index is 11.9. The van der Waals surface area contributed by atoms with Crippen LogP contribution < -0.4 is 10.6 Å². The zero-order chi connectivity index (χ0) is 10.8. The van der Waals surface area contributed by atoms with E-state index >= 15 is 0 Å². The highest BCUT2D eigenvalue weighted by Gasteiger charge is 2.34. The van der Waals surface area contributed by atoms with Gasteiger partial charge in [-0.3, -0.25) is 4.79 Å². The number of hydrogen-bond acceptors (Lipinski definition) is 2. The number of halogens is 1. The Balaban J connectivity index is 0.00000128. The Bertz CT molecular complexity index is 243. The van der Waals surface area contributed by atoms with Crippen LogP contribution >= 0.6 is 12.4 Å². The van der Waals surface area contributed by atoms with Gasteiger partial charge in [-0.25, -0.2) is 0 Å². The first-order valence-electron chi connectivity index (χ1n) is 6.19. The number of hydrogen-bond donors (Lipinski definition) is 2. The summed E-state index contributed by atoms with van der Waals surface area (Å²) in [5.74, 6) is 1.74. The van der Waals surface area contributed by atoms with Crippen molar-refractivity contribution in [2.45, 2.75) is 39.2 Å². The number of carbonyl (C=O) groups is 1. The van der Waals surface area contributed by atoms with Gasteiger partial charge in [0, 0.05) is 12.0 Å². The predicted octanol–water partition coefficient (Wildman–Crippen LogP) is 1.57. The summed E-state index contributed by atoms with van der Waals surface area (Å²) in [5, 5.41) is 6.56. The Morgan fingerprint density at radius 1 is 1.38 bits per heavy atom. The van der Waals surface area contributed by atoms with Crippen molar-refractivity contribution in [3.63, 3.8) is 0 Å². The normalized spacial score (nSPS) is 31.4. The first-order chi connectivity index (χ1) is 7.18. The lowest BCUT2D eigenvalue weighted by molar-refractivity contribution is -0.126. The summed E-state index contributed by atoms with van der Waals surface area (Å²) in [7, 11) is 0. The topological polar surface area (TPSA) is 41.1 Å². The van der Waals surface area contributed by atoms with E-state index in [2.05, 4.69) is 24.5 Å². The van der Waals surface area contributed by atoms with Gasteiger partial charge in [-0.1, -0.05) is 13.8 Å². The minimum absolute atomic E-state index is 0. The molecule has 94 valence electrons. The predicted molar refractivity (Wildman–Crippen MR) is 67.7 cm³/mol. The van der Waals surface area contributed by atoms with Gasteiger partial charge in [0.25, 0.3) is 0 Å². The van der Waals surface area contributed by atoms with Gasteiger partial charge in [0.15, 0.2) is 0 Å². The quantitative estimate of drug-likeness (QED) is 0.794. The van der Waals surface area contributed by atoms with E-state index in [1.54, 1.807) is 0 Å². The van der Waals surface area contributed by atoms with Gasteiger partial charge >= 0.3 is 0 Å². The van der Waals surface area contributed by atoms with Crippen LogP contribution in [-0.2, 0) is 4.79 Å². The molecule has 1 amide bonds. The van der Waals surface area contributed by atoms with E-state index in [9.17, 15) is 4.79 Å². The fraction of sp³-hybridized carbons (Fsp3) is 0.917. The smallest absolute Gasteiger partial charge is 0.223 e. The second-order valence-corrected chi connectivity index (χ2v) is 5.21. The lowest BCUT2D eigenvalue weighted by Crippen LogP contribution is -2.49.